The Kier molecular flexibility index (Phi) is 10.1. The zero-order valence-electron chi connectivity index (χ0n) is 38.6. The zero-order chi connectivity index (χ0) is 48.1. The number of benzene rings is 10. The van der Waals surface area contributed by atoms with Gasteiger partial charge >= 0.3 is 0 Å². The van der Waals surface area contributed by atoms with Gasteiger partial charge in [0.05, 0.1) is 45.3 Å². The Balaban J connectivity index is 1.03. The lowest BCUT2D eigenvalue weighted by Gasteiger charge is -2.16. The molecule has 0 bridgehead atoms. The summed E-state index contributed by atoms with van der Waals surface area (Å²) < 4.78 is 4.56. The van der Waals surface area contributed by atoms with Crippen molar-refractivity contribution in [1.29, 1.82) is 10.5 Å². The summed E-state index contributed by atoms with van der Waals surface area (Å²) in [5.41, 5.74) is 15.5. The highest BCUT2D eigenvalue weighted by Crippen LogP contribution is 2.41. The molecule has 0 aliphatic heterocycles. The predicted molar refractivity (Wildman–Crippen MR) is 291 cm³/mol. The summed E-state index contributed by atoms with van der Waals surface area (Å²) in [4.78, 5) is 15.8. The van der Waals surface area contributed by atoms with E-state index in [4.69, 9.17) is 15.0 Å². The van der Waals surface area contributed by atoms with Gasteiger partial charge in [-0.15, -0.1) is 0 Å². The summed E-state index contributed by atoms with van der Waals surface area (Å²) in [5, 5.41) is 25.2. The van der Waals surface area contributed by atoms with Gasteiger partial charge in [0.25, 0.3) is 0 Å². The van der Waals surface area contributed by atoms with Crippen LogP contribution in [0.1, 0.15) is 11.1 Å². The van der Waals surface area contributed by atoms with Crippen LogP contribution in [0.15, 0.2) is 237 Å². The summed E-state index contributed by atoms with van der Waals surface area (Å²) >= 11 is 0. The second-order valence-electron chi connectivity index (χ2n) is 17.8. The maximum absolute atomic E-state index is 10.8. The lowest BCUT2D eigenvalue weighted by Crippen LogP contribution is -2.04. The van der Waals surface area contributed by atoms with Crippen molar-refractivity contribution in [2.45, 2.75) is 0 Å². The van der Waals surface area contributed by atoms with E-state index in [1.165, 1.54) is 0 Å². The van der Waals surface area contributed by atoms with Crippen LogP contribution in [0, 0.1) is 22.7 Å². The van der Waals surface area contributed by atoms with Crippen molar-refractivity contribution in [3.63, 3.8) is 0 Å². The summed E-state index contributed by atoms with van der Waals surface area (Å²) in [5.74, 6) is 1.27. The van der Waals surface area contributed by atoms with Gasteiger partial charge in [-0.25, -0.2) is 15.0 Å². The number of para-hydroxylation sites is 2. The van der Waals surface area contributed by atoms with Crippen LogP contribution < -0.4 is 0 Å². The molecule has 334 valence electrons. The van der Waals surface area contributed by atoms with Crippen molar-refractivity contribution < 1.29 is 0 Å². The monoisotopic (exact) mass is 917 g/mol. The van der Waals surface area contributed by atoms with E-state index in [1.54, 1.807) is 0 Å². The van der Waals surface area contributed by atoms with Crippen LogP contribution in [0.2, 0.25) is 0 Å². The van der Waals surface area contributed by atoms with E-state index in [-0.39, 0.29) is 0 Å². The molecule has 0 atom stereocenters. The van der Waals surface area contributed by atoms with Crippen LogP contribution in [-0.4, -0.2) is 24.1 Å². The molecule has 3 heterocycles. The number of nitrogens with zero attached hydrogens (tertiary/aromatic N) is 7. The number of aromatic nitrogens is 5. The van der Waals surface area contributed by atoms with Crippen molar-refractivity contribution in [3.05, 3.63) is 248 Å². The normalized spacial score (nSPS) is 11.3. The van der Waals surface area contributed by atoms with Gasteiger partial charge in [-0.3, -0.25) is 0 Å². The second-order valence-corrected chi connectivity index (χ2v) is 17.8. The molecular weight excluding hydrogens is 879 g/mol. The highest BCUT2D eigenvalue weighted by atomic mass is 15.0. The topological polar surface area (TPSA) is 96.1 Å². The predicted octanol–water partition coefficient (Wildman–Crippen LogP) is 15.8. The Morgan fingerprint density at radius 3 is 1.28 bits per heavy atom. The van der Waals surface area contributed by atoms with Crippen LogP contribution in [0.25, 0.3) is 123 Å². The molecule has 0 aliphatic rings. The number of rotatable bonds is 8. The fourth-order valence-corrected chi connectivity index (χ4v) is 10.2. The van der Waals surface area contributed by atoms with Gasteiger partial charge in [-0.2, -0.15) is 10.5 Å². The van der Waals surface area contributed by atoms with Gasteiger partial charge < -0.3 is 9.13 Å². The van der Waals surface area contributed by atoms with Gasteiger partial charge in [-0.05, 0) is 112 Å². The Labute approximate surface area is 415 Å². The molecule has 7 nitrogen and oxygen atoms in total. The smallest absolute Gasteiger partial charge is 0.165 e. The van der Waals surface area contributed by atoms with E-state index in [9.17, 15) is 10.5 Å². The first-order valence-electron chi connectivity index (χ1n) is 23.8. The first-order chi connectivity index (χ1) is 35.6. The molecule has 10 aromatic carbocycles. The molecule has 0 fully saturated rings. The van der Waals surface area contributed by atoms with Crippen molar-refractivity contribution in [2.24, 2.45) is 0 Å². The van der Waals surface area contributed by atoms with E-state index in [0.717, 1.165) is 99.5 Å². The Bertz CT molecular complexity index is 4330. The number of nitriles is 2. The maximum Gasteiger partial charge on any atom is 0.165 e. The molecule has 0 saturated heterocycles. The summed E-state index contributed by atoms with van der Waals surface area (Å²) in [6.45, 7) is 0. The molecule has 3 aromatic heterocycles. The number of hydrogen-bond acceptors (Lipinski definition) is 5. The number of hydrogen-bond donors (Lipinski definition) is 0. The summed E-state index contributed by atoms with van der Waals surface area (Å²) in [6, 6.07) is 85.7. The highest BCUT2D eigenvalue weighted by Gasteiger charge is 2.22. The van der Waals surface area contributed by atoms with Crippen LogP contribution >= 0.6 is 0 Å². The van der Waals surface area contributed by atoms with Gasteiger partial charge in [0.15, 0.2) is 17.5 Å². The standard InChI is InChI=1S/C65H39N7/c66-40-42-24-26-45(27-25-42)52-33-32-51(72-60-23-13-11-21-54(60)57-37-48(30-35-62(57)72)44-16-6-2-7-17-44)39-58(52)65-69-63(46-18-8-3-9-19-46)68-64(70-65)55-38-50(31-28-49(55)41-67)71-59-22-12-10-20-53(59)56-36-47(29-34-61(56)71)43-14-4-1-5-15-43/h1-39H. The molecule has 72 heavy (non-hydrogen) atoms. The Morgan fingerprint density at radius 1 is 0.292 bits per heavy atom. The Hall–Kier alpha value is -10.2. The van der Waals surface area contributed by atoms with Gasteiger partial charge in [0.1, 0.15) is 0 Å². The van der Waals surface area contributed by atoms with Crippen LogP contribution in [0.3, 0.4) is 0 Å². The molecule has 0 aliphatic carbocycles. The van der Waals surface area contributed by atoms with E-state index in [0.29, 0.717) is 34.2 Å². The Morgan fingerprint density at radius 2 is 0.736 bits per heavy atom. The highest BCUT2D eigenvalue weighted by molar-refractivity contribution is 6.12. The lowest BCUT2D eigenvalue weighted by atomic mass is 9.97. The zero-order valence-corrected chi connectivity index (χ0v) is 38.6. The summed E-state index contributed by atoms with van der Waals surface area (Å²) in [6.07, 6.45) is 0. The van der Waals surface area contributed by atoms with Crippen molar-refractivity contribution >= 4 is 43.6 Å². The van der Waals surface area contributed by atoms with Crippen molar-refractivity contribution in [2.75, 3.05) is 0 Å². The van der Waals surface area contributed by atoms with Crippen LogP contribution in [-0.2, 0) is 0 Å². The van der Waals surface area contributed by atoms with Gasteiger partial charge in [-0.1, -0.05) is 158 Å². The lowest BCUT2D eigenvalue weighted by molar-refractivity contribution is 1.07. The van der Waals surface area contributed by atoms with Crippen LogP contribution in [0.4, 0.5) is 0 Å². The van der Waals surface area contributed by atoms with Crippen molar-refractivity contribution in [3.8, 4) is 91.1 Å². The third-order valence-corrected chi connectivity index (χ3v) is 13.7. The van der Waals surface area contributed by atoms with Gasteiger partial charge in [0, 0.05) is 49.6 Å². The SMILES string of the molecule is N#Cc1ccc(-c2ccc(-n3c4ccccc4c4cc(-c5ccccc5)ccc43)cc2-c2nc(-c3ccccc3)nc(-c3cc(-n4c5ccccc5c5cc(-c6ccccc6)ccc54)ccc3C#N)n2)cc1. The molecule has 0 N–H and O–H groups in total. The fraction of sp³-hybridized carbons (Fsp3) is 0. The third kappa shape index (κ3) is 7.17. The molecule has 7 heteroatoms. The van der Waals surface area contributed by atoms with E-state index >= 15 is 0 Å². The molecule has 0 spiro atoms. The fourth-order valence-electron chi connectivity index (χ4n) is 10.2. The molecular formula is C65H39N7. The molecule has 13 rings (SSSR count). The second kappa shape index (κ2) is 17.4. The average Bonchev–Trinajstić information content (AvgIpc) is 3.97. The number of fused-ring (bicyclic) bond motifs is 6. The van der Waals surface area contributed by atoms with Crippen LogP contribution in [0.5, 0.6) is 0 Å². The average molecular weight is 918 g/mol. The third-order valence-electron chi connectivity index (χ3n) is 13.7. The summed E-state index contributed by atoms with van der Waals surface area (Å²) in [7, 11) is 0. The van der Waals surface area contributed by atoms with Gasteiger partial charge in [0.2, 0.25) is 0 Å². The van der Waals surface area contributed by atoms with E-state index < -0.39 is 0 Å². The van der Waals surface area contributed by atoms with Crippen molar-refractivity contribution in [1.82, 2.24) is 24.1 Å². The molecule has 13 aromatic rings. The van der Waals surface area contributed by atoms with E-state index in [2.05, 4.69) is 173 Å². The first-order valence-corrected chi connectivity index (χ1v) is 23.8. The minimum atomic E-state index is 0.367. The first kappa shape index (κ1) is 41.9. The minimum Gasteiger partial charge on any atom is -0.309 e. The van der Waals surface area contributed by atoms with E-state index in [1.807, 2.05) is 84.9 Å². The largest absolute Gasteiger partial charge is 0.309 e. The molecule has 0 amide bonds. The molecule has 0 radical (unpaired) electrons. The molecule has 0 saturated carbocycles. The quantitative estimate of drug-likeness (QED) is 0.151. The maximum atomic E-state index is 10.8. The minimum absolute atomic E-state index is 0.367. The molecule has 0 unspecified atom stereocenters.